The van der Waals surface area contributed by atoms with Gasteiger partial charge in [-0.15, -0.1) is 11.3 Å². The van der Waals surface area contributed by atoms with E-state index >= 15 is 0 Å². The van der Waals surface area contributed by atoms with Crippen molar-refractivity contribution in [2.75, 3.05) is 6.61 Å². The van der Waals surface area contributed by atoms with E-state index in [9.17, 15) is 12.8 Å². The summed E-state index contributed by atoms with van der Waals surface area (Å²) < 4.78 is 46.5. The van der Waals surface area contributed by atoms with Crippen molar-refractivity contribution < 1.29 is 17.5 Å². The van der Waals surface area contributed by atoms with Crippen LogP contribution in [0, 0.1) is 5.82 Å². The highest BCUT2D eigenvalue weighted by Crippen LogP contribution is 2.26. The van der Waals surface area contributed by atoms with Crippen molar-refractivity contribution in [3.05, 3.63) is 65.4 Å². The third-order valence-electron chi connectivity index (χ3n) is 3.61. The number of rotatable bonds is 7. The molecule has 0 aliphatic heterocycles. The van der Waals surface area contributed by atoms with Gasteiger partial charge in [-0.25, -0.2) is 17.5 Å². The fourth-order valence-electron chi connectivity index (χ4n) is 2.39. The van der Waals surface area contributed by atoms with Gasteiger partial charge in [-0.05, 0) is 48.2 Å². The molecule has 2 heterocycles. The number of hydrogen-bond acceptors (Lipinski definition) is 5. The number of benzene rings is 1. The largest absolute Gasteiger partial charge is 0.491 e. The van der Waals surface area contributed by atoms with Gasteiger partial charge in [-0.2, -0.15) is 0 Å². The van der Waals surface area contributed by atoms with Crippen molar-refractivity contribution in [2.24, 2.45) is 0 Å². The average molecular weight is 392 g/mol. The van der Waals surface area contributed by atoms with Crippen molar-refractivity contribution in [1.82, 2.24) is 9.71 Å². The molecule has 0 amide bonds. The summed E-state index contributed by atoms with van der Waals surface area (Å²) in [5.74, 6) is -0.686. The van der Waals surface area contributed by atoms with E-state index in [1.165, 1.54) is 23.5 Å². The maximum atomic E-state index is 14.0. The number of pyridine rings is 1. The first-order valence-electron chi connectivity index (χ1n) is 7.91. The lowest BCUT2D eigenvalue weighted by Crippen LogP contribution is -2.23. The molecule has 8 heteroatoms. The van der Waals surface area contributed by atoms with E-state index < -0.39 is 15.8 Å². The Morgan fingerprint density at radius 1 is 1.23 bits per heavy atom. The van der Waals surface area contributed by atoms with Crippen molar-refractivity contribution in [3.63, 3.8) is 0 Å². The first kappa shape index (κ1) is 18.5. The molecule has 0 saturated heterocycles. The van der Waals surface area contributed by atoms with Crippen LogP contribution in [0.15, 0.2) is 58.9 Å². The van der Waals surface area contributed by atoms with Gasteiger partial charge in [0, 0.05) is 12.7 Å². The van der Waals surface area contributed by atoms with E-state index in [4.69, 9.17) is 4.74 Å². The van der Waals surface area contributed by atoms with Gasteiger partial charge in [0.1, 0.15) is 0 Å². The molecule has 2 aromatic heterocycles. The summed E-state index contributed by atoms with van der Waals surface area (Å²) in [5, 5.41) is 1.93. The Hall–Kier alpha value is -2.29. The second-order valence-corrected chi connectivity index (χ2v) is 8.05. The molecule has 0 unspecified atom stereocenters. The Morgan fingerprint density at radius 3 is 2.77 bits per heavy atom. The molecule has 0 bridgehead atoms. The van der Waals surface area contributed by atoms with Crippen molar-refractivity contribution in [1.29, 1.82) is 0 Å². The molecule has 3 rings (SSSR count). The van der Waals surface area contributed by atoms with Gasteiger partial charge in [0.25, 0.3) is 0 Å². The first-order valence-corrected chi connectivity index (χ1v) is 10.3. The molecule has 26 heavy (non-hydrogen) atoms. The van der Waals surface area contributed by atoms with Crippen molar-refractivity contribution in [2.45, 2.75) is 18.4 Å². The van der Waals surface area contributed by atoms with Crippen LogP contribution < -0.4 is 9.46 Å². The summed E-state index contributed by atoms with van der Waals surface area (Å²) in [6, 6.07) is 11.0. The Labute approximate surface area is 155 Å². The Balaban J connectivity index is 1.81. The summed E-state index contributed by atoms with van der Waals surface area (Å²) in [4.78, 5) is 5.14. The molecular formula is C18H17FN2O3S2. The second kappa shape index (κ2) is 7.94. The Bertz CT molecular complexity index is 989. The molecule has 0 fully saturated rings. The highest BCUT2D eigenvalue weighted by atomic mass is 32.2. The summed E-state index contributed by atoms with van der Waals surface area (Å²) in [5.41, 5.74) is 1.47. The number of nitrogens with one attached hydrogen (secondary N) is 1. The highest BCUT2D eigenvalue weighted by molar-refractivity contribution is 7.89. The maximum Gasteiger partial charge on any atom is 0.240 e. The Morgan fingerprint density at radius 2 is 2.08 bits per heavy atom. The molecule has 0 radical (unpaired) electrons. The van der Waals surface area contributed by atoms with Crippen LogP contribution in [-0.4, -0.2) is 20.0 Å². The van der Waals surface area contributed by atoms with Crippen LogP contribution in [0.5, 0.6) is 5.75 Å². The predicted molar refractivity (Wildman–Crippen MR) is 99.1 cm³/mol. The topological polar surface area (TPSA) is 68.3 Å². The summed E-state index contributed by atoms with van der Waals surface area (Å²) in [6.07, 6.45) is 1.66. The zero-order valence-electron chi connectivity index (χ0n) is 14.0. The van der Waals surface area contributed by atoms with Gasteiger partial charge < -0.3 is 4.74 Å². The minimum atomic E-state index is -3.87. The monoisotopic (exact) mass is 392 g/mol. The number of nitrogens with zero attached hydrogens (tertiary/aromatic N) is 1. The van der Waals surface area contributed by atoms with E-state index in [-0.39, 0.29) is 17.2 Å². The molecule has 0 atom stereocenters. The van der Waals surface area contributed by atoms with Crippen LogP contribution in [0.3, 0.4) is 0 Å². The van der Waals surface area contributed by atoms with Crippen LogP contribution in [0.2, 0.25) is 0 Å². The number of thiophene rings is 1. The molecule has 0 spiro atoms. The minimum absolute atomic E-state index is 0.0266. The van der Waals surface area contributed by atoms with Gasteiger partial charge >= 0.3 is 0 Å². The number of halogens is 1. The van der Waals surface area contributed by atoms with Crippen LogP contribution in [0.4, 0.5) is 4.39 Å². The fourth-order valence-corrected chi connectivity index (χ4v) is 4.17. The molecule has 1 aromatic carbocycles. The molecule has 0 aliphatic rings. The lowest BCUT2D eigenvalue weighted by molar-refractivity contribution is 0.321. The van der Waals surface area contributed by atoms with Gasteiger partial charge in [-0.1, -0.05) is 12.1 Å². The quantitative estimate of drug-likeness (QED) is 0.664. The summed E-state index contributed by atoms with van der Waals surface area (Å²) in [7, 11) is -3.87. The lowest BCUT2D eigenvalue weighted by atomic mass is 10.2. The van der Waals surface area contributed by atoms with Gasteiger partial charge in [0.2, 0.25) is 10.0 Å². The zero-order valence-corrected chi connectivity index (χ0v) is 15.6. The lowest BCUT2D eigenvalue weighted by Gasteiger charge is -2.11. The van der Waals surface area contributed by atoms with Crippen LogP contribution in [0.25, 0.3) is 10.6 Å². The third kappa shape index (κ3) is 4.09. The number of hydrogen-bond donors (Lipinski definition) is 1. The van der Waals surface area contributed by atoms with Gasteiger partial charge in [-0.3, -0.25) is 4.98 Å². The summed E-state index contributed by atoms with van der Waals surface area (Å²) in [6.45, 7) is 2.08. The van der Waals surface area contributed by atoms with E-state index in [1.807, 2.05) is 23.6 Å². The van der Waals surface area contributed by atoms with Crippen molar-refractivity contribution in [3.8, 4) is 16.3 Å². The van der Waals surface area contributed by atoms with E-state index in [1.54, 1.807) is 19.2 Å². The smallest absolute Gasteiger partial charge is 0.240 e. The molecule has 0 saturated carbocycles. The van der Waals surface area contributed by atoms with E-state index in [0.717, 1.165) is 22.2 Å². The summed E-state index contributed by atoms with van der Waals surface area (Å²) >= 11 is 1.52. The standard InChI is InChI=1S/C18H17FN2O3S2/c1-2-24-16-8-7-14(11-15(16)19)26(22,23)21-12-13-5-3-9-20-18(13)17-6-4-10-25-17/h3-11,21H,2,12H2,1H3. The molecule has 1 N–H and O–H groups in total. The highest BCUT2D eigenvalue weighted by Gasteiger charge is 2.18. The minimum Gasteiger partial charge on any atom is -0.491 e. The molecular weight excluding hydrogens is 375 g/mol. The predicted octanol–water partition coefficient (Wildman–Crippen LogP) is 3.83. The zero-order chi connectivity index (χ0) is 18.6. The molecule has 136 valence electrons. The van der Waals surface area contributed by atoms with Crippen molar-refractivity contribution >= 4 is 21.4 Å². The third-order valence-corrected chi connectivity index (χ3v) is 5.89. The Kier molecular flexibility index (Phi) is 5.65. The van der Waals surface area contributed by atoms with Crippen LogP contribution >= 0.6 is 11.3 Å². The second-order valence-electron chi connectivity index (χ2n) is 5.34. The van der Waals surface area contributed by atoms with E-state index in [2.05, 4.69) is 9.71 Å². The van der Waals surface area contributed by atoms with E-state index in [0.29, 0.717) is 6.61 Å². The average Bonchev–Trinajstić information content (AvgIpc) is 3.16. The van der Waals surface area contributed by atoms with Gasteiger partial charge in [0.15, 0.2) is 11.6 Å². The van der Waals surface area contributed by atoms with Gasteiger partial charge in [0.05, 0.1) is 22.1 Å². The SMILES string of the molecule is CCOc1ccc(S(=O)(=O)NCc2cccnc2-c2cccs2)cc1F. The van der Waals surface area contributed by atoms with Crippen LogP contribution in [-0.2, 0) is 16.6 Å². The maximum absolute atomic E-state index is 14.0. The molecule has 3 aromatic rings. The number of aromatic nitrogens is 1. The fraction of sp³-hybridized carbons (Fsp3) is 0.167. The van der Waals surface area contributed by atoms with Crippen LogP contribution in [0.1, 0.15) is 12.5 Å². The molecule has 0 aliphatic carbocycles. The first-order chi connectivity index (χ1) is 12.5. The number of ether oxygens (including phenoxy) is 1. The number of sulfonamides is 1. The molecule has 5 nitrogen and oxygen atoms in total. The normalized spacial score (nSPS) is 11.5.